The lowest BCUT2D eigenvalue weighted by Gasteiger charge is -2.04. The van der Waals surface area contributed by atoms with Gasteiger partial charge in [-0.3, -0.25) is 9.78 Å². The minimum Gasteiger partial charge on any atom is -0.486 e. The molecule has 5 nitrogen and oxygen atoms in total. The largest absolute Gasteiger partial charge is 0.486 e. The molecular weight excluding hydrogens is 353 g/mol. The Morgan fingerprint density at radius 2 is 2.08 bits per heavy atom. The van der Waals surface area contributed by atoms with Gasteiger partial charge < -0.3 is 10.1 Å². The zero-order valence-electron chi connectivity index (χ0n) is 14.2. The summed E-state index contributed by atoms with van der Waals surface area (Å²) >= 11 is 1.30. The Kier molecular flexibility index (Phi) is 5.91. The average Bonchev–Trinajstić information content (AvgIpc) is 3.03. The van der Waals surface area contributed by atoms with Crippen molar-refractivity contribution in [3.05, 3.63) is 75.8 Å². The summed E-state index contributed by atoms with van der Waals surface area (Å²) in [5.41, 5.74) is 1.74. The van der Waals surface area contributed by atoms with E-state index in [2.05, 4.69) is 15.3 Å². The molecule has 0 aliphatic rings. The maximum Gasteiger partial charge on any atom is 0.263 e. The Labute approximate surface area is 154 Å². The maximum absolute atomic E-state index is 12.9. The third-order valence-electron chi connectivity index (χ3n) is 3.65. The third-order valence-corrected chi connectivity index (χ3v) is 4.77. The standard InChI is InChI=1S/C19H18FN3O2S/c1-13-18(19(24)22-10-8-14-3-2-9-21-11-14)26-17(23-13)12-25-16-6-4-15(20)5-7-16/h2-7,9,11H,8,10,12H2,1H3,(H,22,24). The number of thiazole rings is 1. The van der Waals surface area contributed by atoms with Gasteiger partial charge in [-0.15, -0.1) is 11.3 Å². The molecule has 0 aliphatic heterocycles. The Hall–Kier alpha value is -2.80. The first kappa shape index (κ1) is 18.0. The SMILES string of the molecule is Cc1nc(COc2ccc(F)cc2)sc1C(=O)NCCc1cccnc1. The van der Waals surface area contributed by atoms with Gasteiger partial charge in [-0.25, -0.2) is 9.37 Å². The molecule has 0 spiro atoms. The molecule has 134 valence electrons. The number of nitrogens with zero attached hydrogens (tertiary/aromatic N) is 2. The van der Waals surface area contributed by atoms with Crippen LogP contribution in [0.15, 0.2) is 48.8 Å². The molecule has 0 radical (unpaired) electrons. The predicted molar refractivity (Wildman–Crippen MR) is 97.9 cm³/mol. The van der Waals surface area contributed by atoms with Gasteiger partial charge >= 0.3 is 0 Å². The van der Waals surface area contributed by atoms with E-state index in [0.717, 1.165) is 12.0 Å². The van der Waals surface area contributed by atoms with Crippen LogP contribution in [0.4, 0.5) is 4.39 Å². The number of benzene rings is 1. The molecule has 0 aliphatic carbocycles. The van der Waals surface area contributed by atoms with E-state index >= 15 is 0 Å². The topological polar surface area (TPSA) is 64.1 Å². The normalized spacial score (nSPS) is 10.5. The quantitative estimate of drug-likeness (QED) is 0.690. The lowest BCUT2D eigenvalue weighted by Crippen LogP contribution is -2.25. The van der Waals surface area contributed by atoms with E-state index < -0.39 is 0 Å². The highest BCUT2D eigenvalue weighted by atomic mass is 32.1. The van der Waals surface area contributed by atoms with Crippen molar-refractivity contribution < 1.29 is 13.9 Å². The van der Waals surface area contributed by atoms with Crippen LogP contribution >= 0.6 is 11.3 Å². The van der Waals surface area contributed by atoms with Crippen LogP contribution in [0, 0.1) is 12.7 Å². The summed E-state index contributed by atoms with van der Waals surface area (Å²) < 4.78 is 18.5. The number of nitrogens with one attached hydrogen (secondary N) is 1. The van der Waals surface area contributed by atoms with Gasteiger partial charge in [0.15, 0.2) is 0 Å². The summed E-state index contributed by atoms with van der Waals surface area (Å²) in [5.74, 6) is 0.103. The monoisotopic (exact) mass is 371 g/mol. The zero-order chi connectivity index (χ0) is 18.4. The first-order valence-electron chi connectivity index (χ1n) is 8.13. The lowest BCUT2D eigenvalue weighted by atomic mass is 10.2. The first-order valence-corrected chi connectivity index (χ1v) is 8.95. The Morgan fingerprint density at radius 1 is 1.27 bits per heavy atom. The molecule has 2 aromatic heterocycles. The van der Waals surface area contributed by atoms with Gasteiger partial charge in [-0.2, -0.15) is 0 Å². The highest BCUT2D eigenvalue weighted by Crippen LogP contribution is 2.20. The molecular formula is C19H18FN3O2S. The van der Waals surface area contributed by atoms with E-state index in [1.54, 1.807) is 31.5 Å². The van der Waals surface area contributed by atoms with Crippen molar-refractivity contribution in [2.24, 2.45) is 0 Å². The fraction of sp³-hybridized carbons (Fsp3) is 0.211. The minimum absolute atomic E-state index is 0.142. The highest BCUT2D eigenvalue weighted by molar-refractivity contribution is 7.13. The summed E-state index contributed by atoms with van der Waals surface area (Å²) in [6, 6.07) is 9.64. The summed E-state index contributed by atoms with van der Waals surface area (Å²) in [5, 5.41) is 3.60. The van der Waals surface area contributed by atoms with Crippen LogP contribution < -0.4 is 10.1 Å². The number of carbonyl (C=O) groups is 1. The molecule has 0 unspecified atom stereocenters. The summed E-state index contributed by atoms with van der Waals surface area (Å²) in [6.45, 7) is 2.57. The number of aromatic nitrogens is 2. The van der Waals surface area contributed by atoms with Crippen LogP contribution in [0.1, 0.15) is 25.9 Å². The summed E-state index contributed by atoms with van der Waals surface area (Å²) in [6.07, 6.45) is 4.23. The van der Waals surface area contributed by atoms with Crippen molar-refractivity contribution in [3.8, 4) is 5.75 Å². The Bertz CT molecular complexity index is 866. The average molecular weight is 371 g/mol. The molecule has 1 aromatic carbocycles. The van der Waals surface area contributed by atoms with Crippen molar-refractivity contribution in [2.75, 3.05) is 6.54 Å². The number of ether oxygens (including phenoxy) is 1. The van der Waals surface area contributed by atoms with Crippen LogP contribution in [0.2, 0.25) is 0 Å². The van der Waals surface area contributed by atoms with Crippen LogP contribution in [0.3, 0.4) is 0 Å². The predicted octanol–water partition coefficient (Wildman–Crippen LogP) is 3.54. The maximum atomic E-state index is 12.9. The minimum atomic E-state index is -0.312. The van der Waals surface area contributed by atoms with Crippen LogP contribution in [0.5, 0.6) is 5.75 Å². The van der Waals surface area contributed by atoms with E-state index in [0.29, 0.717) is 27.9 Å². The van der Waals surface area contributed by atoms with Crippen molar-refractivity contribution in [1.29, 1.82) is 0 Å². The van der Waals surface area contributed by atoms with E-state index in [9.17, 15) is 9.18 Å². The highest BCUT2D eigenvalue weighted by Gasteiger charge is 2.15. The number of rotatable bonds is 7. The van der Waals surface area contributed by atoms with Crippen molar-refractivity contribution >= 4 is 17.2 Å². The number of aryl methyl sites for hydroxylation is 1. The Morgan fingerprint density at radius 3 is 2.81 bits per heavy atom. The zero-order valence-corrected chi connectivity index (χ0v) is 15.1. The van der Waals surface area contributed by atoms with Gasteiger partial charge in [0, 0.05) is 18.9 Å². The molecule has 0 bridgehead atoms. The van der Waals surface area contributed by atoms with E-state index in [-0.39, 0.29) is 18.3 Å². The molecule has 0 saturated carbocycles. The smallest absolute Gasteiger partial charge is 0.263 e. The van der Waals surface area contributed by atoms with Gasteiger partial charge in [0.1, 0.15) is 28.1 Å². The molecule has 1 N–H and O–H groups in total. The summed E-state index contributed by atoms with van der Waals surface area (Å²) in [7, 11) is 0. The Balaban J connectivity index is 1.53. The van der Waals surface area contributed by atoms with Crippen LogP contribution in [-0.2, 0) is 13.0 Å². The van der Waals surface area contributed by atoms with Crippen molar-refractivity contribution in [1.82, 2.24) is 15.3 Å². The number of hydrogen-bond acceptors (Lipinski definition) is 5. The van der Waals surface area contributed by atoms with E-state index in [1.165, 1.54) is 23.5 Å². The second kappa shape index (κ2) is 8.53. The molecule has 1 amide bonds. The number of amides is 1. The third kappa shape index (κ3) is 4.86. The molecule has 26 heavy (non-hydrogen) atoms. The molecule has 7 heteroatoms. The second-order valence-electron chi connectivity index (χ2n) is 5.63. The first-order chi connectivity index (χ1) is 12.6. The number of pyridine rings is 1. The number of carbonyl (C=O) groups excluding carboxylic acids is 1. The summed E-state index contributed by atoms with van der Waals surface area (Å²) in [4.78, 5) is 21.4. The second-order valence-corrected chi connectivity index (χ2v) is 6.72. The number of halogens is 1. The fourth-order valence-corrected chi connectivity index (χ4v) is 3.24. The van der Waals surface area contributed by atoms with Crippen LogP contribution in [0.25, 0.3) is 0 Å². The van der Waals surface area contributed by atoms with Crippen LogP contribution in [-0.4, -0.2) is 22.4 Å². The molecule has 2 heterocycles. The van der Waals surface area contributed by atoms with E-state index in [1.807, 2.05) is 12.1 Å². The van der Waals surface area contributed by atoms with Gasteiger partial charge in [0.05, 0.1) is 5.69 Å². The lowest BCUT2D eigenvalue weighted by molar-refractivity contribution is 0.0957. The molecule has 3 rings (SSSR count). The molecule has 0 saturated heterocycles. The molecule has 3 aromatic rings. The molecule has 0 atom stereocenters. The molecule has 0 fully saturated rings. The fourth-order valence-electron chi connectivity index (χ4n) is 2.35. The van der Waals surface area contributed by atoms with Crippen molar-refractivity contribution in [3.63, 3.8) is 0 Å². The van der Waals surface area contributed by atoms with Gasteiger partial charge in [-0.1, -0.05) is 6.07 Å². The number of hydrogen-bond donors (Lipinski definition) is 1. The van der Waals surface area contributed by atoms with Gasteiger partial charge in [0.25, 0.3) is 5.91 Å². The van der Waals surface area contributed by atoms with Gasteiger partial charge in [0.2, 0.25) is 0 Å². The van der Waals surface area contributed by atoms with Gasteiger partial charge in [-0.05, 0) is 49.2 Å². The van der Waals surface area contributed by atoms with E-state index in [4.69, 9.17) is 4.74 Å². The van der Waals surface area contributed by atoms with Crippen molar-refractivity contribution in [2.45, 2.75) is 20.0 Å².